The second-order valence-electron chi connectivity index (χ2n) is 10.9. The smallest absolute Gasteiger partial charge is 0.247 e. The van der Waals surface area contributed by atoms with E-state index >= 15 is 0 Å². The SMILES string of the molecule is C=CCN(O)C(=O)C[C@@H](CC(C)C)C(=O)N[C@H](C(=O)NC(c1ccccc1)c1ccccc1)C(C)(C)C. The topological polar surface area (TPSA) is 98.7 Å². The Labute approximate surface area is 220 Å². The van der Waals surface area contributed by atoms with Crippen LogP contribution in [0.5, 0.6) is 0 Å². The van der Waals surface area contributed by atoms with E-state index in [-0.39, 0.29) is 30.7 Å². The number of benzene rings is 2. The predicted octanol–water partition coefficient (Wildman–Crippen LogP) is 4.88. The van der Waals surface area contributed by atoms with Gasteiger partial charge in [-0.25, -0.2) is 5.06 Å². The van der Waals surface area contributed by atoms with Crippen LogP contribution in [-0.4, -0.2) is 40.6 Å². The van der Waals surface area contributed by atoms with Gasteiger partial charge in [-0.05, 0) is 28.9 Å². The molecule has 0 aromatic heterocycles. The molecule has 0 spiro atoms. The molecule has 0 heterocycles. The first-order valence-corrected chi connectivity index (χ1v) is 12.7. The summed E-state index contributed by atoms with van der Waals surface area (Å²) in [4.78, 5) is 39.6. The number of hydrogen-bond donors (Lipinski definition) is 3. The lowest BCUT2D eigenvalue weighted by Crippen LogP contribution is -2.55. The van der Waals surface area contributed by atoms with Crippen LogP contribution in [0.15, 0.2) is 73.3 Å². The zero-order valence-electron chi connectivity index (χ0n) is 22.6. The van der Waals surface area contributed by atoms with E-state index in [1.807, 2.05) is 95.3 Å². The molecule has 2 aromatic rings. The van der Waals surface area contributed by atoms with Crippen LogP contribution in [0.1, 0.15) is 64.6 Å². The van der Waals surface area contributed by atoms with Gasteiger partial charge in [0.05, 0.1) is 12.6 Å². The van der Waals surface area contributed by atoms with Gasteiger partial charge in [-0.2, -0.15) is 0 Å². The van der Waals surface area contributed by atoms with Crippen LogP contribution in [0.4, 0.5) is 0 Å². The number of carbonyl (C=O) groups is 3. The van der Waals surface area contributed by atoms with Crippen molar-refractivity contribution in [1.82, 2.24) is 15.7 Å². The summed E-state index contributed by atoms with van der Waals surface area (Å²) < 4.78 is 0. The van der Waals surface area contributed by atoms with Gasteiger partial charge in [0.2, 0.25) is 17.7 Å². The van der Waals surface area contributed by atoms with Crippen molar-refractivity contribution in [2.45, 2.75) is 59.5 Å². The Kier molecular flexibility index (Phi) is 11.1. The molecule has 0 aliphatic heterocycles. The molecule has 2 aromatic carbocycles. The third-order valence-electron chi connectivity index (χ3n) is 6.10. The van der Waals surface area contributed by atoms with E-state index in [1.54, 1.807) is 0 Å². The molecule has 200 valence electrons. The lowest BCUT2D eigenvalue weighted by molar-refractivity contribution is -0.165. The minimum absolute atomic E-state index is 0.0256. The number of rotatable bonds is 12. The van der Waals surface area contributed by atoms with E-state index in [4.69, 9.17) is 0 Å². The van der Waals surface area contributed by atoms with E-state index in [0.717, 1.165) is 11.1 Å². The fraction of sp³-hybridized carbons (Fsp3) is 0.433. The zero-order chi connectivity index (χ0) is 27.6. The predicted molar refractivity (Wildman–Crippen MR) is 146 cm³/mol. The Morgan fingerprint density at radius 2 is 1.43 bits per heavy atom. The van der Waals surface area contributed by atoms with E-state index in [1.165, 1.54) is 6.08 Å². The molecule has 3 amide bonds. The van der Waals surface area contributed by atoms with Gasteiger partial charge in [0, 0.05) is 12.3 Å². The third-order valence-corrected chi connectivity index (χ3v) is 6.10. The van der Waals surface area contributed by atoms with Crippen LogP contribution in [0, 0.1) is 17.3 Å². The fourth-order valence-corrected chi connectivity index (χ4v) is 4.20. The highest BCUT2D eigenvalue weighted by Gasteiger charge is 2.36. The van der Waals surface area contributed by atoms with Crippen molar-refractivity contribution in [3.05, 3.63) is 84.4 Å². The highest BCUT2D eigenvalue weighted by atomic mass is 16.5. The van der Waals surface area contributed by atoms with E-state index < -0.39 is 29.3 Å². The summed E-state index contributed by atoms with van der Waals surface area (Å²) in [5.41, 5.74) is 1.25. The number of amides is 3. The summed E-state index contributed by atoms with van der Waals surface area (Å²) in [5.74, 6) is -1.82. The molecular weight excluding hydrogens is 466 g/mol. The summed E-state index contributed by atoms with van der Waals surface area (Å²) in [7, 11) is 0. The Balaban J connectivity index is 2.29. The number of hydroxylamine groups is 2. The van der Waals surface area contributed by atoms with Gasteiger partial charge < -0.3 is 10.6 Å². The number of hydrogen-bond acceptors (Lipinski definition) is 4. The Morgan fingerprint density at radius 3 is 1.86 bits per heavy atom. The summed E-state index contributed by atoms with van der Waals surface area (Å²) in [6, 6.07) is 18.1. The van der Waals surface area contributed by atoms with Gasteiger partial charge in [0.1, 0.15) is 6.04 Å². The quantitative estimate of drug-likeness (QED) is 0.217. The molecule has 0 radical (unpaired) electrons. The number of carbonyl (C=O) groups excluding carboxylic acids is 3. The van der Waals surface area contributed by atoms with E-state index in [0.29, 0.717) is 11.5 Å². The van der Waals surface area contributed by atoms with Gasteiger partial charge in [-0.15, -0.1) is 6.58 Å². The maximum atomic E-state index is 13.7. The second kappa shape index (κ2) is 13.7. The average molecular weight is 508 g/mol. The van der Waals surface area contributed by atoms with Crippen molar-refractivity contribution in [2.24, 2.45) is 17.3 Å². The normalized spacial score (nSPS) is 13.1. The summed E-state index contributed by atoms with van der Waals surface area (Å²) in [6.45, 7) is 13.1. The molecule has 0 fully saturated rings. The maximum Gasteiger partial charge on any atom is 0.247 e. The number of nitrogens with one attached hydrogen (secondary N) is 2. The van der Waals surface area contributed by atoms with Gasteiger partial charge in [-0.1, -0.05) is 101 Å². The van der Waals surface area contributed by atoms with Crippen LogP contribution < -0.4 is 10.6 Å². The molecule has 0 aliphatic carbocycles. The van der Waals surface area contributed by atoms with Crippen molar-refractivity contribution < 1.29 is 19.6 Å². The minimum Gasteiger partial charge on any atom is -0.344 e. The first-order chi connectivity index (χ1) is 17.4. The van der Waals surface area contributed by atoms with E-state index in [9.17, 15) is 19.6 Å². The maximum absolute atomic E-state index is 13.7. The van der Waals surface area contributed by atoms with Crippen LogP contribution in [0.3, 0.4) is 0 Å². The summed E-state index contributed by atoms with van der Waals surface area (Å²) in [6.07, 6.45) is 1.68. The molecule has 2 rings (SSSR count). The second-order valence-corrected chi connectivity index (χ2v) is 10.9. The van der Waals surface area contributed by atoms with Crippen molar-refractivity contribution >= 4 is 17.7 Å². The lowest BCUT2D eigenvalue weighted by atomic mass is 9.84. The van der Waals surface area contributed by atoms with Crippen LogP contribution in [0.2, 0.25) is 0 Å². The largest absolute Gasteiger partial charge is 0.344 e. The Bertz CT molecular complexity index is 992. The van der Waals surface area contributed by atoms with E-state index in [2.05, 4.69) is 17.2 Å². The molecule has 3 N–H and O–H groups in total. The monoisotopic (exact) mass is 507 g/mol. The van der Waals surface area contributed by atoms with Crippen LogP contribution >= 0.6 is 0 Å². The molecule has 0 aliphatic rings. The van der Waals surface area contributed by atoms with Gasteiger partial charge >= 0.3 is 0 Å². The van der Waals surface area contributed by atoms with Crippen molar-refractivity contribution in [1.29, 1.82) is 0 Å². The highest BCUT2D eigenvalue weighted by Crippen LogP contribution is 2.26. The first-order valence-electron chi connectivity index (χ1n) is 12.7. The molecule has 2 atom stereocenters. The first kappa shape index (κ1) is 29.8. The third kappa shape index (κ3) is 9.17. The highest BCUT2D eigenvalue weighted by molar-refractivity contribution is 5.91. The zero-order valence-corrected chi connectivity index (χ0v) is 22.6. The molecular formula is C30H41N3O4. The summed E-state index contributed by atoms with van der Waals surface area (Å²) >= 11 is 0. The molecule has 0 saturated carbocycles. The minimum atomic E-state index is -0.849. The average Bonchev–Trinajstić information content (AvgIpc) is 2.85. The van der Waals surface area contributed by atoms with Crippen LogP contribution in [0.25, 0.3) is 0 Å². The molecule has 0 unspecified atom stereocenters. The molecule has 37 heavy (non-hydrogen) atoms. The molecule has 0 bridgehead atoms. The van der Waals surface area contributed by atoms with Crippen molar-refractivity contribution in [2.75, 3.05) is 6.54 Å². The molecule has 7 heteroatoms. The van der Waals surface area contributed by atoms with Gasteiger partial charge in [0.15, 0.2) is 0 Å². The Hall–Kier alpha value is -3.45. The molecule has 0 saturated heterocycles. The van der Waals surface area contributed by atoms with Gasteiger partial charge in [0.25, 0.3) is 0 Å². The van der Waals surface area contributed by atoms with Crippen LogP contribution in [-0.2, 0) is 14.4 Å². The Morgan fingerprint density at radius 1 is 0.919 bits per heavy atom. The van der Waals surface area contributed by atoms with Crippen molar-refractivity contribution in [3.8, 4) is 0 Å². The van der Waals surface area contributed by atoms with Crippen molar-refractivity contribution in [3.63, 3.8) is 0 Å². The molecule has 7 nitrogen and oxygen atoms in total. The standard InChI is InChI=1S/C30H41N3O4/c1-7-18-33(37)25(34)20-24(19-21(2)3)28(35)32-27(30(4,5)6)29(36)31-26(22-14-10-8-11-15-22)23-16-12-9-13-17-23/h7-17,21,24,26-27,37H,1,18-20H2,2-6H3,(H,31,36)(H,32,35)/t24-,27-/m1/s1. The number of nitrogens with zero attached hydrogens (tertiary/aromatic N) is 1. The lowest BCUT2D eigenvalue weighted by Gasteiger charge is -2.33. The fourth-order valence-electron chi connectivity index (χ4n) is 4.20. The summed E-state index contributed by atoms with van der Waals surface area (Å²) in [5, 5.41) is 16.5. The van der Waals surface area contributed by atoms with Gasteiger partial charge in [-0.3, -0.25) is 19.6 Å².